The molecule has 7 heteroatoms. The zero-order chi connectivity index (χ0) is 15.6. The van der Waals surface area contributed by atoms with Gasteiger partial charge in [-0.1, -0.05) is 22.0 Å². The van der Waals surface area contributed by atoms with Crippen molar-refractivity contribution in [2.45, 2.75) is 32.9 Å². The van der Waals surface area contributed by atoms with Crippen LogP contribution in [0.15, 0.2) is 27.1 Å². The molecule has 4 nitrogen and oxygen atoms in total. The Morgan fingerprint density at radius 1 is 1.43 bits per heavy atom. The maximum Gasteiger partial charge on any atom is 0.129 e. The van der Waals surface area contributed by atoms with E-state index in [4.69, 9.17) is 5.84 Å². The number of halogens is 3. The molecule has 2 aromatic rings. The highest BCUT2D eigenvalue weighted by Gasteiger charge is 2.20. The van der Waals surface area contributed by atoms with E-state index in [0.717, 1.165) is 22.4 Å². The van der Waals surface area contributed by atoms with Gasteiger partial charge in [-0.15, -0.1) is 0 Å². The van der Waals surface area contributed by atoms with Gasteiger partial charge in [0, 0.05) is 23.0 Å². The maximum absolute atomic E-state index is 14.1. The molecule has 0 amide bonds. The molecule has 2 rings (SSSR count). The van der Waals surface area contributed by atoms with Gasteiger partial charge in [0.05, 0.1) is 21.9 Å². The zero-order valence-electron chi connectivity index (χ0n) is 11.8. The summed E-state index contributed by atoms with van der Waals surface area (Å²) in [7, 11) is 0. The van der Waals surface area contributed by atoms with Crippen LogP contribution in [0.1, 0.15) is 29.9 Å². The van der Waals surface area contributed by atoms with Gasteiger partial charge in [-0.05, 0) is 41.9 Å². The Kier molecular flexibility index (Phi) is 5.54. The summed E-state index contributed by atoms with van der Waals surface area (Å²) in [6, 6.07) is 4.66. The van der Waals surface area contributed by atoms with Gasteiger partial charge in [-0.3, -0.25) is 16.0 Å². The van der Waals surface area contributed by atoms with E-state index >= 15 is 0 Å². The number of hydrogen-bond acceptors (Lipinski definition) is 3. The lowest BCUT2D eigenvalue weighted by Gasteiger charge is -2.18. The molecule has 21 heavy (non-hydrogen) atoms. The summed E-state index contributed by atoms with van der Waals surface area (Å²) < 4.78 is 17.7. The third-order valence-corrected chi connectivity index (χ3v) is 4.91. The lowest BCUT2D eigenvalue weighted by molar-refractivity contribution is 0.489. The predicted molar refractivity (Wildman–Crippen MR) is 88.2 cm³/mol. The first-order chi connectivity index (χ1) is 9.97. The van der Waals surface area contributed by atoms with Crippen molar-refractivity contribution in [1.29, 1.82) is 0 Å². The van der Waals surface area contributed by atoms with Crippen LogP contribution in [0.4, 0.5) is 4.39 Å². The number of nitrogens with one attached hydrogen (secondary N) is 1. The second-order valence-corrected chi connectivity index (χ2v) is 6.46. The fourth-order valence-electron chi connectivity index (χ4n) is 2.30. The minimum Gasteiger partial charge on any atom is -0.271 e. The number of hydrogen-bond donors (Lipinski definition) is 2. The van der Waals surface area contributed by atoms with Crippen LogP contribution in [-0.4, -0.2) is 9.78 Å². The van der Waals surface area contributed by atoms with Gasteiger partial charge in [0.25, 0.3) is 0 Å². The Bertz CT molecular complexity index is 642. The summed E-state index contributed by atoms with van der Waals surface area (Å²) in [5, 5.41) is 4.45. The van der Waals surface area contributed by atoms with E-state index in [0.29, 0.717) is 16.5 Å². The summed E-state index contributed by atoms with van der Waals surface area (Å²) in [5.74, 6) is 5.35. The Labute approximate surface area is 140 Å². The summed E-state index contributed by atoms with van der Waals surface area (Å²) in [5.41, 5.74) is 5.15. The third-order valence-electron chi connectivity index (χ3n) is 3.39. The third kappa shape index (κ3) is 3.53. The summed E-state index contributed by atoms with van der Waals surface area (Å²) >= 11 is 6.81. The molecule has 0 saturated carbocycles. The Hall–Kier alpha value is -0.760. The average molecular weight is 420 g/mol. The molecule has 1 atom stereocenters. The second-order valence-electron chi connectivity index (χ2n) is 4.75. The minimum absolute atomic E-state index is 0.289. The molecule has 1 aromatic carbocycles. The first-order valence-electron chi connectivity index (χ1n) is 6.60. The van der Waals surface area contributed by atoms with E-state index in [1.807, 2.05) is 18.5 Å². The van der Waals surface area contributed by atoms with E-state index in [9.17, 15) is 4.39 Å². The van der Waals surface area contributed by atoms with Crippen LogP contribution in [0.25, 0.3) is 0 Å². The van der Waals surface area contributed by atoms with Gasteiger partial charge in [-0.25, -0.2) is 4.39 Å². The van der Waals surface area contributed by atoms with Crippen molar-refractivity contribution in [1.82, 2.24) is 15.2 Å². The quantitative estimate of drug-likeness (QED) is 0.574. The summed E-state index contributed by atoms with van der Waals surface area (Å²) in [6.07, 6.45) is 0.546. The second kappa shape index (κ2) is 7.00. The Morgan fingerprint density at radius 2 is 2.14 bits per heavy atom. The van der Waals surface area contributed by atoms with Crippen LogP contribution in [0, 0.1) is 12.7 Å². The van der Waals surface area contributed by atoms with Gasteiger partial charge in [0.1, 0.15) is 5.82 Å². The molecule has 0 aliphatic rings. The maximum atomic E-state index is 14.1. The summed E-state index contributed by atoms with van der Waals surface area (Å²) in [4.78, 5) is 0. The first-order valence-corrected chi connectivity index (χ1v) is 8.19. The van der Waals surface area contributed by atoms with E-state index in [1.54, 1.807) is 12.1 Å². The fourth-order valence-corrected chi connectivity index (χ4v) is 3.08. The molecule has 1 aromatic heterocycles. The number of rotatable bonds is 5. The smallest absolute Gasteiger partial charge is 0.129 e. The fraction of sp³-hybridized carbons (Fsp3) is 0.357. The number of benzene rings is 1. The molecule has 1 heterocycles. The Balaban J connectivity index is 2.35. The highest BCUT2D eigenvalue weighted by Crippen LogP contribution is 2.28. The minimum atomic E-state index is -0.323. The van der Waals surface area contributed by atoms with Crippen LogP contribution in [0.2, 0.25) is 0 Å². The van der Waals surface area contributed by atoms with Gasteiger partial charge >= 0.3 is 0 Å². The average Bonchev–Trinajstić information content (AvgIpc) is 2.72. The van der Waals surface area contributed by atoms with Gasteiger partial charge < -0.3 is 0 Å². The lowest BCUT2D eigenvalue weighted by atomic mass is 10.0. The molecule has 0 bridgehead atoms. The molecule has 3 N–H and O–H groups in total. The van der Waals surface area contributed by atoms with Crippen LogP contribution < -0.4 is 11.3 Å². The van der Waals surface area contributed by atoms with Gasteiger partial charge in [-0.2, -0.15) is 5.10 Å². The largest absolute Gasteiger partial charge is 0.271 e. The van der Waals surface area contributed by atoms with Gasteiger partial charge in [0.2, 0.25) is 0 Å². The topological polar surface area (TPSA) is 55.9 Å². The molecule has 0 aliphatic carbocycles. The van der Waals surface area contributed by atoms with Gasteiger partial charge in [0.15, 0.2) is 0 Å². The molecule has 0 fully saturated rings. The number of aromatic nitrogens is 2. The lowest BCUT2D eigenvalue weighted by Crippen LogP contribution is -2.31. The number of hydrazine groups is 1. The van der Waals surface area contributed by atoms with Crippen LogP contribution in [0.5, 0.6) is 0 Å². The van der Waals surface area contributed by atoms with E-state index in [1.165, 1.54) is 6.07 Å². The van der Waals surface area contributed by atoms with Crippen LogP contribution in [-0.2, 0) is 13.0 Å². The number of nitrogens with zero attached hydrogens (tertiary/aromatic N) is 2. The van der Waals surface area contributed by atoms with Crippen molar-refractivity contribution in [2.75, 3.05) is 0 Å². The van der Waals surface area contributed by atoms with Crippen molar-refractivity contribution in [3.05, 3.63) is 49.9 Å². The monoisotopic (exact) mass is 418 g/mol. The molecule has 0 radical (unpaired) electrons. The molecule has 0 aliphatic heterocycles. The standard InChI is InChI=1S/C14H17Br2FN4/c1-3-21-13(14(16)8(2)20-21)7-12(19-18)10-5-4-9(15)6-11(10)17/h4-6,12,19H,3,7,18H2,1-2H3. The van der Waals surface area contributed by atoms with E-state index < -0.39 is 0 Å². The van der Waals surface area contributed by atoms with Crippen molar-refractivity contribution in [3.8, 4) is 0 Å². The van der Waals surface area contributed by atoms with Crippen molar-refractivity contribution < 1.29 is 4.39 Å². The van der Waals surface area contributed by atoms with Crippen molar-refractivity contribution in [2.24, 2.45) is 5.84 Å². The highest BCUT2D eigenvalue weighted by atomic mass is 79.9. The highest BCUT2D eigenvalue weighted by molar-refractivity contribution is 9.10. The number of aryl methyl sites for hydroxylation is 2. The SMILES string of the molecule is CCn1nc(C)c(Br)c1CC(NN)c1ccc(Br)cc1F. The van der Waals surface area contributed by atoms with Crippen molar-refractivity contribution in [3.63, 3.8) is 0 Å². The first kappa shape index (κ1) is 16.6. The molecule has 0 spiro atoms. The molecule has 114 valence electrons. The Morgan fingerprint density at radius 3 is 2.71 bits per heavy atom. The molecular weight excluding hydrogens is 403 g/mol. The molecular formula is C14H17Br2FN4. The number of nitrogens with two attached hydrogens (primary N) is 1. The predicted octanol–water partition coefficient (Wildman–Crippen LogP) is 3.62. The zero-order valence-corrected chi connectivity index (χ0v) is 15.0. The van der Waals surface area contributed by atoms with Crippen molar-refractivity contribution >= 4 is 31.9 Å². The normalized spacial score (nSPS) is 12.7. The summed E-state index contributed by atoms with van der Waals surface area (Å²) in [6.45, 7) is 4.71. The van der Waals surface area contributed by atoms with Crippen LogP contribution in [0.3, 0.4) is 0 Å². The molecule has 1 unspecified atom stereocenters. The van der Waals surface area contributed by atoms with Crippen LogP contribution >= 0.6 is 31.9 Å². The van der Waals surface area contributed by atoms with E-state index in [2.05, 4.69) is 42.4 Å². The van der Waals surface area contributed by atoms with E-state index in [-0.39, 0.29) is 11.9 Å². The molecule has 0 saturated heterocycles.